The molecule has 2 aromatic rings. The third-order valence-corrected chi connectivity index (χ3v) is 4.75. The first-order valence-corrected chi connectivity index (χ1v) is 8.84. The number of ether oxygens (including phenoxy) is 1. The van der Waals surface area contributed by atoms with Crippen molar-refractivity contribution in [2.45, 2.75) is 25.1 Å². The second-order valence-corrected chi connectivity index (χ2v) is 7.13. The Balaban J connectivity index is 2.52. The quantitative estimate of drug-likeness (QED) is 0.287. The summed E-state index contributed by atoms with van der Waals surface area (Å²) in [6.45, 7) is 1.54. The number of hydrogen-bond donors (Lipinski definition) is 2. The number of carbonyl (C=O) groups excluding carboxylic acids is 1. The zero-order valence-corrected chi connectivity index (χ0v) is 16.7. The number of alkyl halides is 3. The Bertz CT molecular complexity index is 943. The van der Waals surface area contributed by atoms with Crippen molar-refractivity contribution < 1.29 is 33.0 Å². The molecule has 29 heavy (non-hydrogen) atoms. The Labute approximate surface area is 174 Å². The summed E-state index contributed by atoms with van der Waals surface area (Å²) in [5.41, 5.74) is -3.84. The van der Waals surface area contributed by atoms with Gasteiger partial charge in [0.25, 0.3) is 0 Å². The van der Waals surface area contributed by atoms with Gasteiger partial charge < -0.3 is 15.1 Å². The number of nitrogens with zero attached hydrogens (tertiary/aromatic N) is 1. The van der Waals surface area contributed by atoms with Gasteiger partial charge in [-0.05, 0) is 53.9 Å². The van der Waals surface area contributed by atoms with Gasteiger partial charge in [0.1, 0.15) is 0 Å². The summed E-state index contributed by atoms with van der Waals surface area (Å²) in [6.07, 6.45) is -6.27. The minimum absolute atomic E-state index is 0.0773. The zero-order chi connectivity index (χ0) is 22.0. The molecule has 10 heteroatoms. The molecule has 0 saturated carbocycles. The van der Waals surface area contributed by atoms with Crippen molar-refractivity contribution in [1.29, 1.82) is 0 Å². The first kappa shape index (κ1) is 23.0. The van der Waals surface area contributed by atoms with E-state index in [0.29, 0.717) is 5.56 Å². The van der Waals surface area contributed by atoms with Crippen LogP contribution in [-0.4, -0.2) is 35.3 Å². The van der Waals surface area contributed by atoms with Gasteiger partial charge in [-0.15, -0.1) is 0 Å². The van der Waals surface area contributed by atoms with E-state index in [1.807, 2.05) is 0 Å². The van der Waals surface area contributed by atoms with Crippen LogP contribution in [0.25, 0.3) is 0 Å². The lowest BCUT2D eigenvalue weighted by atomic mass is 9.85. The molecular formula is C19H16Cl2F3NO4. The van der Waals surface area contributed by atoms with E-state index in [1.54, 1.807) is 0 Å². The van der Waals surface area contributed by atoms with E-state index >= 15 is 0 Å². The maximum absolute atomic E-state index is 13.8. The molecule has 0 heterocycles. The van der Waals surface area contributed by atoms with Gasteiger partial charge in [0.15, 0.2) is 5.60 Å². The van der Waals surface area contributed by atoms with Crippen LogP contribution in [0.2, 0.25) is 10.0 Å². The number of halogens is 5. The average molecular weight is 450 g/mol. The molecule has 0 spiro atoms. The van der Waals surface area contributed by atoms with E-state index in [-0.39, 0.29) is 21.2 Å². The average Bonchev–Trinajstić information content (AvgIpc) is 2.63. The normalized spacial score (nSPS) is 14.4. The van der Waals surface area contributed by atoms with Crippen LogP contribution in [0.15, 0.2) is 41.6 Å². The van der Waals surface area contributed by atoms with Crippen molar-refractivity contribution >= 4 is 34.9 Å². The summed E-state index contributed by atoms with van der Waals surface area (Å²) in [5, 5.41) is 22.7. The summed E-state index contributed by atoms with van der Waals surface area (Å²) in [4.78, 5) is 11.7. The minimum Gasteiger partial charge on any atom is -0.465 e. The largest absolute Gasteiger partial charge is 0.465 e. The summed E-state index contributed by atoms with van der Waals surface area (Å²) in [7, 11) is 1.19. The molecule has 0 fully saturated rings. The van der Waals surface area contributed by atoms with Crippen molar-refractivity contribution in [2.75, 3.05) is 7.11 Å². The van der Waals surface area contributed by atoms with Gasteiger partial charge in [-0.25, -0.2) is 4.79 Å². The van der Waals surface area contributed by atoms with Gasteiger partial charge in [-0.1, -0.05) is 34.4 Å². The van der Waals surface area contributed by atoms with Gasteiger partial charge in [0.05, 0.1) is 18.4 Å². The highest BCUT2D eigenvalue weighted by atomic mass is 35.5. The molecule has 2 rings (SSSR count). The predicted octanol–water partition coefficient (Wildman–Crippen LogP) is 5.11. The second-order valence-electron chi connectivity index (χ2n) is 6.26. The molecule has 0 aliphatic rings. The molecule has 0 aliphatic carbocycles. The molecule has 0 saturated heterocycles. The molecular weight excluding hydrogens is 434 g/mol. The van der Waals surface area contributed by atoms with Crippen LogP contribution in [0.1, 0.15) is 33.5 Å². The topological polar surface area (TPSA) is 79.1 Å². The highest BCUT2D eigenvalue weighted by Gasteiger charge is 2.56. The van der Waals surface area contributed by atoms with Crippen LogP contribution in [0.4, 0.5) is 13.2 Å². The fraction of sp³-hybridized carbons (Fsp3) is 0.263. The van der Waals surface area contributed by atoms with E-state index in [4.69, 9.17) is 23.2 Å². The van der Waals surface area contributed by atoms with Crippen LogP contribution < -0.4 is 0 Å². The highest BCUT2D eigenvalue weighted by Crippen LogP contribution is 2.44. The molecule has 1 unspecified atom stereocenters. The fourth-order valence-electron chi connectivity index (χ4n) is 2.78. The molecule has 0 aliphatic heterocycles. The van der Waals surface area contributed by atoms with Crippen LogP contribution >= 0.6 is 23.2 Å². The summed E-state index contributed by atoms with van der Waals surface area (Å²) < 4.78 is 46.1. The molecule has 1 atom stereocenters. The minimum atomic E-state index is -5.14. The molecule has 2 aromatic carbocycles. The number of oxime groups is 1. The number of benzene rings is 2. The van der Waals surface area contributed by atoms with Gasteiger partial charge >= 0.3 is 12.1 Å². The van der Waals surface area contributed by atoms with Crippen molar-refractivity contribution in [1.82, 2.24) is 0 Å². The Morgan fingerprint density at radius 2 is 1.72 bits per heavy atom. The first-order chi connectivity index (χ1) is 13.4. The first-order valence-electron chi connectivity index (χ1n) is 8.09. The summed E-state index contributed by atoms with van der Waals surface area (Å²) in [5.74, 6) is -0.628. The van der Waals surface area contributed by atoms with E-state index in [0.717, 1.165) is 12.1 Å². The van der Waals surface area contributed by atoms with E-state index in [2.05, 4.69) is 9.89 Å². The molecule has 156 valence electrons. The van der Waals surface area contributed by atoms with Gasteiger partial charge in [0, 0.05) is 16.5 Å². The Kier molecular flexibility index (Phi) is 6.82. The van der Waals surface area contributed by atoms with Gasteiger partial charge in [0.2, 0.25) is 0 Å². The Morgan fingerprint density at radius 3 is 2.17 bits per heavy atom. The number of aryl methyl sites for hydroxylation is 1. The van der Waals surface area contributed by atoms with Crippen LogP contribution in [0, 0.1) is 6.92 Å². The Hall–Kier alpha value is -2.29. The third kappa shape index (κ3) is 4.83. The molecule has 5 nitrogen and oxygen atoms in total. The van der Waals surface area contributed by atoms with Crippen molar-refractivity contribution in [3.63, 3.8) is 0 Å². The van der Waals surface area contributed by atoms with Gasteiger partial charge in [-0.2, -0.15) is 13.2 Å². The third-order valence-electron chi connectivity index (χ3n) is 4.32. The maximum atomic E-state index is 13.8. The highest BCUT2D eigenvalue weighted by molar-refractivity contribution is 6.34. The monoisotopic (exact) mass is 449 g/mol. The molecule has 0 amide bonds. The van der Waals surface area contributed by atoms with Crippen LogP contribution in [0.3, 0.4) is 0 Å². The van der Waals surface area contributed by atoms with Crippen molar-refractivity contribution in [3.8, 4) is 0 Å². The summed E-state index contributed by atoms with van der Waals surface area (Å²) >= 11 is 11.6. The van der Waals surface area contributed by atoms with Crippen molar-refractivity contribution in [2.24, 2.45) is 5.16 Å². The fourth-order valence-corrected chi connectivity index (χ4v) is 3.30. The smallest absolute Gasteiger partial charge is 0.421 e. The van der Waals surface area contributed by atoms with Crippen LogP contribution in [0.5, 0.6) is 0 Å². The van der Waals surface area contributed by atoms with Crippen molar-refractivity contribution in [3.05, 3.63) is 68.7 Å². The molecule has 0 radical (unpaired) electrons. The predicted molar refractivity (Wildman–Crippen MR) is 102 cm³/mol. The maximum Gasteiger partial charge on any atom is 0.421 e. The molecule has 2 N–H and O–H groups in total. The molecule has 0 aromatic heterocycles. The Morgan fingerprint density at radius 1 is 1.14 bits per heavy atom. The summed E-state index contributed by atoms with van der Waals surface area (Å²) in [6, 6.07) is 7.05. The number of methoxy groups -OCH3 is 1. The number of aliphatic hydroxyl groups is 1. The lowest BCUT2D eigenvalue weighted by molar-refractivity contribution is -0.263. The zero-order valence-electron chi connectivity index (χ0n) is 15.2. The van der Waals surface area contributed by atoms with Crippen LogP contribution in [-0.2, 0) is 10.3 Å². The standard InChI is InChI=1S/C19H16Cl2F3NO4/c1-10-5-11(3-4-15(10)17(26)29-2)16(25-28)9-18(27,19(22,23)24)12-6-13(20)8-14(21)7-12/h3-8,27-28H,9H2,1-2H3/b25-16-. The van der Waals surface area contributed by atoms with E-state index < -0.39 is 35.4 Å². The molecule has 0 bridgehead atoms. The lowest BCUT2D eigenvalue weighted by Crippen LogP contribution is -2.44. The number of rotatable bonds is 5. The SMILES string of the molecule is COC(=O)c1ccc(/C(CC(O)(c2cc(Cl)cc(Cl)c2)C(F)(F)F)=N\O)cc1C. The van der Waals surface area contributed by atoms with Gasteiger partial charge in [-0.3, -0.25) is 0 Å². The second kappa shape index (κ2) is 8.61. The van der Waals surface area contributed by atoms with E-state index in [1.165, 1.54) is 38.3 Å². The number of esters is 1. The number of hydrogen-bond acceptors (Lipinski definition) is 5. The number of carbonyl (C=O) groups is 1. The van der Waals surface area contributed by atoms with E-state index in [9.17, 15) is 28.3 Å². The lowest BCUT2D eigenvalue weighted by Gasteiger charge is -2.31.